The van der Waals surface area contributed by atoms with Crippen LogP contribution in [0.4, 0.5) is 17.6 Å². The number of hydrogen-bond acceptors (Lipinski definition) is 8. The van der Waals surface area contributed by atoms with Crippen LogP contribution in [0.15, 0.2) is 16.7 Å². The Kier molecular flexibility index (Phi) is 3.97. The van der Waals surface area contributed by atoms with Crippen LogP contribution in [0.5, 0.6) is 0 Å². The molecule has 0 bridgehead atoms. The van der Waals surface area contributed by atoms with E-state index in [-0.39, 0.29) is 17.5 Å². The number of aryl methyl sites for hydroxylation is 2. The molecule has 2 aromatic rings. The van der Waals surface area contributed by atoms with Gasteiger partial charge in [-0.2, -0.15) is 4.98 Å². The SMILES string of the molecule is Cc1cc(Nc2cc(C)on2)nc(N(C)C2CCS(=O)(=O)C2)n1. The van der Waals surface area contributed by atoms with Crippen LogP contribution in [0.3, 0.4) is 0 Å². The average molecular weight is 337 g/mol. The van der Waals surface area contributed by atoms with Crippen molar-refractivity contribution < 1.29 is 12.9 Å². The smallest absolute Gasteiger partial charge is 0.227 e. The maximum atomic E-state index is 11.7. The molecule has 1 N–H and O–H groups in total. The minimum atomic E-state index is -2.95. The van der Waals surface area contributed by atoms with E-state index in [0.717, 1.165) is 5.69 Å². The third-order valence-corrected chi connectivity index (χ3v) is 5.55. The van der Waals surface area contributed by atoms with E-state index in [2.05, 4.69) is 20.4 Å². The highest BCUT2D eigenvalue weighted by atomic mass is 32.2. The molecule has 1 atom stereocenters. The fourth-order valence-electron chi connectivity index (χ4n) is 2.58. The molecule has 1 unspecified atom stereocenters. The fourth-order valence-corrected chi connectivity index (χ4v) is 4.35. The quantitative estimate of drug-likeness (QED) is 0.894. The maximum absolute atomic E-state index is 11.7. The number of hydrogen-bond donors (Lipinski definition) is 1. The van der Waals surface area contributed by atoms with Crippen LogP contribution >= 0.6 is 0 Å². The van der Waals surface area contributed by atoms with Gasteiger partial charge in [-0.1, -0.05) is 5.16 Å². The van der Waals surface area contributed by atoms with Crippen molar-refractivity contribution in [2.45, 2.75) is 26.3 Å². The predicted octanol–water partition coefficient (Wildman–Crippen LogP) is 1.45. The van der Waals surface area contributed by atoms with E-state index in [4.69, 9.17) is 4.52 Å². The van der Waals surface area contributed by atoms with E-state index < -0.39 is 9.84 Å². The first-order chi connectivity index (χ1) is 10.8. The van der Waals surface area contributed by atoms with E-state index in [9.17, 15) is 8.42 Å². The molecule has 9 heteroatoms. The van der Waals surface area contributed by atoms with Crippen LogP contribution < -0.4 is 10.2 Å². The second-order valence-corrected chi connectivity index (χ2v) is 8.04. The monoisotopic (exact) mass is 337 g/mol. The molecule has 0 amide bonds. The van der Waals surface area contributed by atoms with Crippen LogP contribution in [0.25, 0.3) is 0 Å². The van der Waals surface area contributed by atoms with Crippen LogP contribution in [0.2, 0.25) is 0 Å². The topological polar surface area (TPSA) is 101 Å². The van der Waals surface area contributed by atoms with Gasteiger partial charge in [-0.25, -0.2) is 13.4 Å². The van der Waals surface area contributed by atoms with Crippen molar-refractivity contribution >= 4 is 27.4 Å². The molecule has 8 nitrogen and oxygen atoms in total. The van der Waals surface area contributed by atoms with Crippen LogP contribution in [0.1, 0.15) is 17.9 Å². The van der Waals surface area contributed by atoms with Gasteiger partial charge in [0.05, 0.1) is 11.5 Å². The van der Waals surface area contributed by atoms with Crippen molar-refractivity contribution in [3.63, 3.8) is 0 Å². The fraction of sp³-hybridized carbons (Fsp3) is 0.500. The first kappa shape index (κ1) is 15.7. The highest BCUT2D eigenvalue weighted by molar-refractivity contribution is 7.91. The van der Waals surface area contributed by atoms with Crippen molar-refractivity contribution in [1.82, 2.24) is 15.1 Å². The summed E-state index contributed by atoms with van der Waals surface area (Å²) in [7, 11) is -1.13. The Hall–Kier alpha value is -2.16. The standard InChI is InChI=1S/C14H19N5O3S/c1-9-6-12(16-13-7-10(2)22-18-13)17-14(15-9)19(3)11-4-5-23(20,21)8-11/h6-7,11H,4-5,8H2,1-3H3,(H,15,16,17,18). The van der Waals surface area contributed by atoms with Crippen molar-refractivity contribution in [3.8, 4) is 0 Å². The Labute approximate surface area is 134 Å². The molecule has 1 aliphatic heterocycles. The molecule has 0 saturated carbocycles. The molecule has 1 fully saturated rings. The van der Waals surface area contributed by atoms with E-state index in [1.54, 1.807) is 12.1 Å². The molecule has 1 saturated heterocycles. The summed E-state index contributed by atoms with van der Waals surface area (Å²) in [4.78, 5) is 10.7. The van der Waals surface area contributed by atoms with Crippen molar-refractivity contribution in [1.29, 1.82) is 0 Å². The second kappa shape index (κ2) is 5.80. The Bertz CT molecular complexity index is 818. The number of nitrogens with one attached hydrogen (secondary N) is 1. The van der Waals surface area contributed by atoms with Crippen LogP contribution in [0, 0.1) is 13.8 Å². The normalized spacial score (nSPS) is 19.7. The van der Waals surface area contributed by atoms with Gasteiger partial charge in [0.1, 0.15) is 11.6 Å². The summed E-state index contributed by atoms with van der Waals surface area (Å²) in [6, 6.07) is 3.47. The molecular weight excluding hydrogens is 318 g/mol. The Morgan fingerprint density at radius 3 is 2.65 bits per heavy atom. The minimum absolute atomic E-state index is 0.0936. The molecule has 2 aromatic heterocycles. The van der Waals surface area contributed by atoms with Gasteiger partial charge in [0.15, 0.2) is 15.7 Å². The largest absolute Gasteiger partial charge is 0.360 e. The molecule has 0 spiro atoms. The maximum Gasteiger partial charge on any atom is 0.227 e. The molecule has 0 aliphatic carbocycles. The van der Waals surface area contributed by atoms with Gasteiger partial charge in [-0.05, 0) is 20.3 Å². The number of sulfone groups is 1. The highest BCUT2D eigenvalue weighted by Crippen LogP contribution is 2.23. The van der Waals surface area contributed by atoms with E-state index in [1.807, 2.05) is 25.8 Å². The third-order valence-electron chi connectivity index (χ3n) is 3.80. The zero-order chi connectivity index (χ0) is 16.6. The lowest BCUT2D eigenvalue weighted by atomic mass is 10.2. The van der Waals surface area contributed by atoms with Gasteiger partial charge in [-0.3, -0.25) is 0 Å². The summed E-state index contributed by atoms with van der Waals surface area (Å²) < 4.78 is 28.3. The van der Waals surface area contributed by atoms with Gasteiger partial charge >= 0.3 is 0 Å². The molecule has 124 valence electrons. The number of anilines is 3. The molecule has 0 radical (unpaired) electrons. The van der Waals surface area contributed by atoms with Gasteiger partial charge in [0.25, 0.3) is 0 Å². The molecular formula is C14H19N5O3S. The summed E-state index contributed by atoms with van der Waals surface area (Å²) in [6.45, 7) is 3.67. The Morgan fingerprint density at radius 2 is 2.04 bits per heavy atom. The van der Waals surface area contributed by atoms with E-state index in [1.165, 1.54) is 0 Å². The zero-order valence-corrected chi connectivity index (χ0v) is 14.1. The zero-order valence-electron chi connectivity index (χ0n) is 13.3. The summed E-state index contributed by atoms with van der Waals surface area (Å²) in [5, 5.41) is 6.94. The minimum Gasteiger partial charge on any atom is -0.360 e. The molecule has 0 aromatic carbocycles. The Morgan fingerprint density at radius 1 is 1.26 bits per heavy atom. The molecule has 23 heavy (non-hydrogen) atoms. The van der Waals surface area contributed by atoms with Gasteiger partial charge < -0.3 is 14.7 Å². The predicted molar refractivity (Wildman–Crippen MR) is 86.8 cm³/mol. The summed E-state index contributed by atoms with van der Waals surface area (Å²) >= 11 is 0. The van der Waals surface area contributed by atoms with Gasteiger partial charge in [-0.15, -0.1) is 0 Å². The highest BCUT2D eigenvalue weighted by Gasteiger charge is 2.31. The van der Waals surface area contributed by atoms with E-state index in [0.29, 0.717) is 29.8 Å². The Balaban J connectivity index is 1.82. The van der Waals surface area contributed by atoms with Crippen molar-refractivity contribution in [2.24, 2.45) is 0 Å². The first-order valence-corrected chi connectivity index (χ1v) is 9.14. The van der Waals surface area contributed by atoms with Gasteiger partial charge in [0, 0.05) is 30.9 Å². The lowest BCUT2D eigenvalue weighted by Crippen LogP contribution is -2.34. The molecule has 1 aliphatic rings. The number of rotatable bonds is 4. The lowest BCUT2D eigenvalue weighted by molar-refractivity contribution is 0.400. The average Bonchev–Trinajstić information content (AvgIpc) is 3.03. The summed E-state index contributed by atoms with van der Waals surface area (Å²) in [6.07, 6.45) is 0.599. The first-order valence-electron chi connectivity index (χ1n) is 7.32. The number of nitrogens with zero attached hydrogens (tertiary/aromatic N) is 4. The third kappa shape index (κ3) is 3.61. The van der Waals surface area contributed by atoms with Crippen LogP contribution in [-0.4, -0.2) is 48.1 Å². The van der Waals surface area contributed by atoms with Gasteiger partial charge in [0.2, 0.25) is 5.95 Å². The summed E-state index contributed by atoms with van der Waals surface area (Å²) in [5.74, 6) is 2.72. The van der Waals surface area contributed by atoms with Crippen molar-refractivity contribution in [2.75, 3.05) is 28.8 Å². The molecule has 3 heterocycles. The summed E-state index contributed by atoms with van der Waals surface area (Å²) in [5.41, 5.74) is 0.783. The van der Waals surface area contributed by atoms with E-state index >= 15 is 0 Å². The second-order valence-electron chi connectivity index (χ2n) is 5.81. The van der Waals surface area contributed by atoms with Crippen LogP contribution in [-0.2, 0) is 9.84 Å². The van der Waals surface area contributed by atoms with Crippen molar-refractivity contribution in [3.05, 3.63) is 23.6 Å². The molecule has 3 rings (SSSR count). The lowest BCUT2D eigenvalue weighted by Gasteiger charge is -2.24. The number of aromatic nitrogens is 3.